The standard InChI is InChI=1S/C15H20N4O2S/c1-11(20)22-13-8-14(21)19(10-13)12-4-2-7-18(9-12)15-16-5-3-6-17-15/h3,5-6,12-13H,2,4,7-10H2,1H3. The Morgan fingerprint density at radius 2 is 2.09 bits per heavy atom. The summed E-state index contributed by atoms with van der Waals surface area (Å²) < 4.78 is 0. The van der Waals surface area contributed by atoms with Crippen LogP contribution in [0.15, 0.2) is 18.5 Å². The van der Waals surface area contributed by atoms with Crippen molar-refractivity contribution in [2.45, 2.75) is 37.5 Å². The second kappa shape index (κ2) is 6.64. The molecule has 2 atom stereocenters. The van der Waals surface area contributed by atoms with E-state index in [4.69, 9.17) is 0 Å². The van der Waals surface area contributed by atoms with Crippen LogP contribution in [0.3, 0.4) is 0 Å². The fraction of sp³-hybridized carbons (Fsp3) is 0.600. The number of rotatable bonds is 3. The van der Waals surface area contributed by atoms with E-state index in [0.29, 0.717) is 13.0 Å². The van der Waals surface area contributed by atoms with Gasteiger partial charge in [0.1, 0.15) is 0 Å². The van der Waals surface area contributed by atoms with Gasteiger partial charge in [0.2, 0.25) is 11.9 Å². The minimum Gasteiger partial charge on any atom is -0.339 e. The zero-order valence-corrected chi connectivity index (χ0v) is 13.5. The predicted molar refractivity (Wildman–Crippen MR) is 85.7 cm³/mol. The van der Waals surface area contributed by atoms with Crippen LogP contribution < -0.4 is 4.90 Å². The van der Waals surface area contributed by atoms with Gasteiger partial charge in [-0.2, -0.15) is 0 Å². The van der Waals surface area contributed by atoms with Gasteiger partial charge in [-0.3, -0.25) is 9.59 Å². The normalized spacial score (nSPS) is 25.6. The first-order valence-corrected chi connectivity index (χ1v) is 8.50. The molecule has 0 radical (unpaired) electrons. The Morgan fingerprint density at radius 3 is 2.82 bits per heavy atom. The largest absolute Gasteiger partial charge is 0.339 e. The summed E-state index contributed by atoms with van der Waals surface area (Å²) >= 11 is 1.29. The van der Waals surface area contributed by atoms with Gasteiger partial charge in [0, 0.05) is 56.7 Å². The lowest BCUT2D eigenvalue weighted by Gasteiger charge is -2.37. The molecule has 2 fully saturated rings. The topological polar surface area (TPSA) is 66.4 Å². The molecule has 2 unspecified atom stereocenters. The lowest BCUT2D eigenvalue weighted by Crippen LogP contribution is -2.49. The molecule has 0 saturated carbocycles. The molecule has 2 aliphatic heterocycles. The summed E-state index contributed by atoms with van der Waals surface area (Å²) in [6, 6.07) is 2.00. The van der Waals surface area contributed by atoms with Crippen molar-refractivity contribution in [1.82, 2.24) is 14.9 Å². The van der Waals surface area contributed by atoms with Crippen molar-refractivity contribution in [2.75, 3.05) is 24.5 Å². The monoisotopic (exact) mass is 320 g/mol. The number of carbonyl (C=O) groups is 2. The van der Waals surface area contributed by atoms with Gasteiger partial charge in [0.25, 0.3) is 0 Å². The van der Waals surface area contributed by atoms with Crippen LogP contribution in [0.4, 0.5) is 5.95 Å². The molecule has 3 rings (SSSR count). The molecule has 0 aliphatic carbocycles. The molecule has 1 aromatic heterocycles. The van der Waals surface area contributed by atoms with Crippen molar-refractivity contribution < 1.29 is 9.59 Å². The van der Waals surface area contributed by atoms with Crippen LogP contribution in [0.1, 0.15) is 26.2 Å². The zero-order valence-electron chi connectivity index (χ0n) is 12.6. The van der Waals surface area contributed by atoms with E-state index in [1.54, 1.807) is 25.4 Å². The lowest BCUT2D eigenvalue weighted by atomic mass is 10.0. The number of piperidine rings is 1. The first-order valence-electron chi connectivity index (χ1n) is 7.62. The molecule has 0 N–H and O–H groups in total. The molecule has 7 heteroatoms. The molecule has 1 amide bonds. The third-order valence-corrected chi connectivity index (χ3v) is 5.11. The maximum Gasteiger partial charge on any atom is 0.225 e. The number of hydrogen-bond donors (Lipinski definition) is 0. The highest BCUT2D eigenvalue weighted by atomic mass is 32.2. The zero-order chi connectivity index (χ0) is 15.5. The molecular formula is C15H20N4O2S. The van der Waals surface area contributed by atoms with Crippen molar-refractivity contribution in [3.05, 3.63) is 18.5 Å². The van der Waals surface area contributed by atoms with Crippen LogP contribution in [-0.4, -0.2) is 56.8 Å². The highest BCUT2D eigenvalue weighted by molar-refractivity contribution is 8.14. The molecule has 0 bridgehead atoms. The highest BCUT2D eigenvalue weighted by Crippen LogP contribution is 2.29. The highest BCUT2D eigenvalue weighted by Gasteiger charge is 2.37. The second-order valence-electron chi connectivity index (χ2n) is 5.77. The van der Waals surface area contributed by atoms with Gasteiger partial charge in [-0.25, -0.2) is 9.97 Å². The van der Waals surface area contributed by atoms with Crippen molar-refractivity contribution >= 4 is 28.7 Å². The average molecular weight is 320 g/mol. The summed E-state index contributed by atoms with van der Waals surface area (Å²) in [5.74, 6) is 0.896. The molecule has 0 spiro atoms. The molecule has 2 saturated heterocycles. The van der Waals surface area contributed by atoms with Crippen molar-refractivity contribution in [2.24, 2.45) is 0 Å². The number of anilines is 1. The number of thioether (sulfide) groups is 1. The van der Waals surface area contributed by atoms with Crippen molar-refractivity contribution in [3.8, 4) is 0 Å². The maximum absolute atomic E-state index is 12.3. The minimum atomic E-state index is 0.0857. The fourth-order valence-electron chi connectivity index (χ4n) is 3.21. The van der Waals surface area contributed by atoms with Crippen molar-refractivity contribution in [3.63, 3.8) is 0 Å². The Hall–Kier alpha value is -1.63. The molecule has 2 aliphatic rings. The quantitative estimate of drug-likeness (QED) is 0.837. The van der Waals surface area contributed by atoms with E-state index in [1.807, 2.05) is 4.90 Å². The third-order valence-electron chi connectivity index (χ3n) is 4.13. The number of carbonyl (C=O) groups excluding carboxylic acids is 2. The van der Waals surface area contributed by atoms with Gasteiger partial charge in [0.15, 0.2) is 5.12 Å². The Morgan fingerprint density at radius 1 is 1.32 bits per heavy atom. The Kier molecular flexibility index (Phi) is 4.61. The van der Waals surface area contributed by atoms with E-state index in [-0.39, 0.29) is 22.3 Å². The van der Waals surface area contributed by atoms with Crippen LogP contribution in [-0.2, 0) is 9.59 Å². The van der Waals surface area contributed by atoms with Crippen LogP contribution in [0, 0.1) is 0 Å². The van der Waals surface area contributed by atoms with Crippen LogP contribution in [0.25, 0.3) is 0 Å². The summed E-state index contributed by atoms with van der Waals surface area (Å²) in [6.45, 7) is 3.94. The van der Waals surface area contributed by atoms with E-state index < -0.39 is 0 Å². The third kappa shape index (κ3) is 3.40. The second-order valence-corrected chi connectivity index (χ2v) is 7.25. The van der Waals surface area contributed by atoms with E-state index in [1.165, 1.54) is 11.8 Å². The molecule has 1 aromatic rings. The number of amides is 1. The van der Waals surface area contributed by atoms with Crippen LogP contribution >= 0.6 is 11.8 Å². The first kappa shape index (κ1) is 15.3. The van der Waals surface area contributed by atoms with Crippen LogP contribution in [0.5, 0.6) is 0 Å². The Bertz CT molecular complexity index is 554. The Balaban J connectivity index is 1.65. The molecule has 3 heterocycles. The molecule has 22 heavy (non-hydrogen) atoms. The lowest BCUT2D eigenvalue weighted by molar-refractivity contribution is -0.129. The first-order chi connectivity index (χ1) is 10.6. The average Bonchev–Trinajstić information content (AvgIpc) is 2.88. The van der Waals surface area contributed by atoms with Crippen molar-refractivity contribution in [1.29, 1.82) is 0 Å². The van der Waals surface area contributed by atoms with E-state index in [0.717, 1.165) is 31.9 Å². The van der Waals surface area contributed by atoms with Gasteiger partial charge in [0.05, 0.1) is 0 Å². The summed E-state index contributed by atoms with van der Waals surface area (Å²) in [4.78, 5) is 36.2. The van der Waals surface area contributed by atoms with E-state index in [2.05, 4.69) is 14.9 Å². The number of aromatic nitrogens is 2. The smallest absolute Gasteiger partial charge is 0.225 e. The van der Waals surface area contributed by atoms with Gasteiger partial charge in [-0.05, 0) is 18.9 Å². The van der Waals surface area contributed by atoms with Crippen LogP contribution in [0.2, 0.25) is 0 Å². The fourth-order valence-corrected chi connectivity index (χ4v) is 4.14. The van der Waals surface area contributed by atoms with E-state index in [9.17, 15) is 9.59 Å². The van der Waals surface area contributed by atoms with Gasteiger partial charge >= 0.3 is 0 Å². The summed E-state index contributed by atoms with van der Waals surface area (Å²) in [5.41, 5.74) is 0. The molecule has 118 valence electrons. The predicted octanol–water partition coefficient (Wildman–Crippen LogP) is 1.33. The minimum absolute atomic E-state index is 0.0857. The Labute approximate surface area is 134 Å². The van der Waals surface area contributed by atoms with Gasteiger partial charge in [-0.1, -0.05) is 11.8 Å². The summed E-state index contributed by atoms with van der Waals surface area (Å²) in [6.07, 6.45) is 5.99. The van der Waals surface area contributed by atoms with E-state index >= 15 is 0 Å². The van der Waals surface area contributed by atoms with Gasteiger partial charge < -0.3 is 9.80 Å². The number of likely N-dealkylation sites (tertiary alicyclic amines) is 1. The summed E-state index contributed by atoms with van der Waals surface area (Å²) in [7, 11) is 0. The summed E-state index contributed by atoms with van der Waals surface area (Å²) in [5, 5.41) is 0.191. The molecular weight excluding hydrogens is 300 g/mol. The number of nitrogens with zero attached hydrogens (tertiary/aromatic N) is 4. The SMILES string of the molecule is CC(=O)SC1CC(=O)N(C2CCCN(c3ncccn3)C2)C1. The van der Waals surface area contributed by atoms with Gasteiger partial charge in [-0.15, -0.1) is 0 Å². The number of hydrogen-bond acceptors (Lipinski definition) is 6. The maximum atomic E-state index is 12.3. The molecule has 0 aromatic carbocycles. The molecule has 6 nitrogen and oxygen atoms in total.